The SMILES string of the molecule is [C-]#N.[Cs+].[Ni]. The molecule has 0 spiro atoms. The van der Waals surface area contributed by atoms with Gasteiger partial charge in [0.1, 0.15) is 0 Å². The molecule has 0 aliphatic heterocycles. The second-order valence-electron chi connectivity index (χ2n) is 0. The molecule has 0 heterocycles. The Morgan fingerprint density at radius 3 is 1.25 bits per heavy atom. The molecule has 0 bridgehead atoms. The standard InChI is InChI=1S/CN.Cs.Ni/c1-2;;/q-1;+1;. The van der Waals surface area contributed by atoms with Gasteiger partial charge in [0.2, 0.25) is 0 Å². The van der Waals surface area contributed by atoms with Crippen molar-refractivity contribution >= 4 is 0 Å². The molecule has 0 rings (SSSR count). The first kappa shape index (κ1) is 16.6. The molecule has 0 atom stereocenters. The summed E-state index contributed by atoms with van der Waals surface area (Å²) in [6.07, 6.45) is 0. The van der Waals surface area contributed by atoms with E-state index in [1.807, 2.05) is 0 Å². The molecule has 0 aliphatic rings. The maximum absolute atomic E-state index is 6.25. The molecule has 0 aromatic carbocycles. The summed E-state index contributed by atoms with van der Waals surface area (Å²) in [5.41, 5.74) is 0. The average Bonchev–Trinajstić information content (AvgIpc) is 1.00. The fraction of sp³-hybridized carbons (Fsp3) is 0. The normalized spacial score (nSPS) is 0.500. The quantitative estimate of drug-likeness (QED) is 0.316. The first-order valence-electron chi connectivity index (χ1n) is 0.224. The molecule has 0 saturated carbocycles. The zero-order valence-electron chi connectivity index (χ0n) is 2.26. The van der Waals surface area contributed by atoms with Crippen LogP contribution in [0.5, 0.6) is 0 Å². The van der Waals surface area contributed by atoms with Crippen LogP contribution in [0.4, 0.5) is 0 Å². The van der Waals surface area contributed by atoms with Crippen LogP contribution in [0.15, 0.2) is 0 Å². The Balaban J connectivity index is -0.00000000500. The van der Waals surface area contributed by atoms with Crippen molar-refractivity contribution in [3.63, 3.8) is 0 Å². The van der Waals surface area contributed by atoms with E-state index in [-0.39, 0.29) is 85.4 Å². The molecular formula is CCsNNi. The van der Waals surface area contributed by atoms with E-state index in [1.165, 1.54) is 0 Å². The summed E-state index contributed by atoms with van der Waals surface area (Å²) < 4.78 is 0. The van der Waals surface area contributed by atoms with Gasteiger partial charge in [-0.3, -0.25) is 0 Å². The molecule has 0 aromatic rings. The van der Waals surface area contributed by atoms with Crippen molar-refractivity contribution in [2.75, 3.05) is 0 Å². The summed E-state index contributed by atoms with van der Waals surface area (Å²) in [7, 11) is 0. The van der Waals surface area contributed by atoms with E-state index < -0.39 is 0 Å². The average molecular weight is 218 g/mol. The molecule has 4 heavy (non-hydrogen) atoms. The summed E-state index contributed by atoms with van der Waals surface area (Å²) >= 11 is 0. The third-order valence-corrected chi connectivity index (χ3v) is 0. The molecule has 0 unspecified atom stereocenters. The summed E-state index contributed by atoms with van der Waals surface area (Å²) in [5.74, 6) is 0. The van der Waals surface area contributed by atoms with Crippen LogP contribution in [0.25, 0.3) is 0 Å². The van der Waals surface area contributed by atoms with E-state index in [9.17, 15) is 0 Å². The molecule has 1 nitrogen and oxygen atoms in total. The molecule has 20 valence electrons. The van der Waals surface area contributed by atoms with Crippen molar-refractivity contribution in [2.45, 2.75) is 0 Å². The Labute approximate surface area is 94.5 Å². The van der Waals surface area contributed by atoms with Crippen LogP contribution in [0.2, 0.25) is 0 Å². The first-order chi connectivity index (χ1) is 1.00. The minimum atomic E-state index is 0. The van der Waals surface area contributed by atoms with E-state index >= 15 is 0 Å². The maximum Gasteiger partial charge on any atom is 1.00 e. The fourth-order valence-corrected chi connectivity index (χ4v) is 0. The van der Waals surface area contributed by atoms with Crippen LogP contribution >= 0.6 is 0 Å². The molecule has 0 aromatic heterocycles. The fourth-order valence-electron chi connectivity index (χ4n) is 0. The second kappa shape index (κ2) is 19.8. The van der Waals surface area contributed by atoms with Gasteiger partial charge in [-0.1, -0.05) is 0 Å². The maximum atomic E-state index is 6.25. The van der Waals surface area contributed by atoms with Crippen LogP contribution in [0, 0.1) is 11.8 Å². The van der Waals surface area contributed by atoms with E-state index in [2.05, 4.69) is 0 Å². The first-order valence-corrected chi connectivity index (χ1v) is 0.224. The summed E-state index contributed by atoms with van der Waals surface area (Å²) in [6.45, 7) is 4.75. The van der Waals surface area contributed by atoms with Gasteiger partial charge in [0, 0.05) is 16.5 Å². The molecule has 0 N–H and O–H groups in total. The Hall–Kier alpha value is 2.04. The van der Waals surface area contributed by atoms with Crippen LogP contribution in [0.3, 0.4) is 0 Å². The van der Waals surface area contributed by atoms with Gasteiger partial charge in [0.25, 0.3) is 0 Å². The van der Waals surface area contributed by atoms with Gasteiger partial charge in [-0.05, 0) is 0 Å². The molecular weight excluding hydrogens is 218 g/mol. The number of rotatable bonds is 0. The van der Waals surface area contributed by atoms with Gasteiger partial charge in [-0.25, -0.2) is 0 Å². The van der Waals surface area contributed by atoms with Gasteiger partial charge in [-0.15, -0.1) is 0 Å². The van der Waals surface area contributed by atoms with E-state index in [1.54, 1.807) is 0 Å². The Bertz CT molecular complexity index is 12.8. The summed E-state index contributed by atoms with van der Waals surface area (Å²) in [5, 5.41) is 6.25. The van der Waals surface area contributed by atoms with Crippen LogP contribution < -0.4 is 68.9 Å². The third kappa shape index (κ3) is 8.97. The van der Waals surface area contributed by atoms with Crippen LogP contribution in [-0.4, -0.2) is 0 Å². The number of hydrogen-bond acceptors (Lipinski definition) is 1. The Morgan fingerprint density at radius 2 is 1.25 bits per heavy atom. The van der Waals surface area contributed by atoms with Crippen molar-refractivity contribution in [3.05, 3.63) is 6.57 Å². The zero-order chi connectivity index (χ0) is 2.00. The van der Waals surface area contributed by atoms with Crippen molar-refractivity contribution in [1.29, 1.82) is 5.26 Å². The molecule has 0 saturated heterocycles. The topological polar surface area (TPSA) is 23.8 Å². The van der Waals surface area contributed by atoms with Gasteiger partial charge in [0.15, 0.2) is 0 Å². The predicted molar refractivity (Wildman–Crippen MR) is 4.97 cm³/mol. The predicted octanol–water partition coefficient (Wildman–Crippen LogP) is -2.90. The second-order valence-corrected chi connectivity index (χ2v) is 0. The monoisotopic (exact) mass is 217 g/mol. The molecule has 0 radical (unpaired) electrons. The van der Waals surface area contributed by atoms with Crippen molar-refractivity contribution in [2.24, 2.45) is 0 Å². The molecule has 3 heteroatoms. The van der Waals surface area contributed by atoms with E-state index in [0.717, 1.165) is 0 Å². The van der Waals surface area contributed by atoms with Crippen molar-refractivity contribution < 1.29 is 85.4 Å². The Morgan fingerprint density at radius 1 is 1.25 bits per heavy atom. The summed E-state index contributed by atoms with van der Waals surface area (Å²) in [6, 6.07) is 0. The van der Waals surface area contributed by atoms with Crippen LogP contribution in [-0.2, 0) is 16.5 Å². The van der Waals surface area contributed by atoms with Gasteiger partial charge in [-0.2, -0.15) is 0 Å². The van der Waals surface area contributed by atoms with Crippen molar-refractivity contribution in [1.82, 2.24) is 0 Å². The van der Waals surface area contributed by atoms with Gasteiger partial charge in [0.05, 0.1) is 0 Å². The zero-order valence-corrected chi connectivity index (χ0v) is 9.53. The van der Waals surface area contributed by atoms with E-state index in [0.29, 0.717) is 0 Å². The van der Waals surface area contributed by atoms with Crippen LogP contribution in [0.1, 0.15) is 0 Å². The largest absolute Gasteiger partial charge is 1.00 e. The van der Waals surface area contributed by atoms with Crippen molar-refractivity contribution in [3.8, 4) is 0 Å². The number of hydrogen-bond donors (Lipinski definition) is 0. The third-order valence-electron chi connectivity index (χ3n) is 0. The van der Waals surface area contributed by atoms with Gasteiger partial charge >= 0.3 is 68.9 Å². The minimum absolute atomic E-state index is 0. The Kier molecular flexibility index (Phi) is 82.2. The summed E-state index contributed by atoms with van der Waals surface area (Å²) in [4.78, 5) is 0. The smallest absolute Gasteiger partial charge is 0.512 e. The minimum Gasteiger partial charge on any atom is -0.512 e. The molecule has 0 fully saturated rings. The molecule has 0 aliphatic carbocycles. The van der Waals surface area contributed by atoms with Gasteiger partial charge < -0.3 is 11.8 Å². The molecule has 0 amide bonds. The number of nitrogens with zero attached hydrogens (tertiary/aromatic N) is 1. The van der Waals surface area contributed by atoms with E-state index in [4.69, 9.17) is 11.8 Å².